The van der Waals surface area contributed by atoms with Crippen LogP contribution in [0.5, 0.6) is 0 Å². The number of rotatable bonds is 12. The molecule has 204 valence electrons. The van der Waals surface area contributed by atoms with E-state index in [1.165, 1.54) is 0 Å². The van der Waals surface area contributed by atoms with Crippen LogP contribution in [0.3, 0.4) is 0 Å². The normalized spacial score (nSPS) is 14.1. The largest absolute Gasteiger partial charge is 0.444 e. The number of ether oxygens (including phenoxy) is 1. The smallest absolute Gasteiger partial charge is 0.408 e. The van der Waals surface area contributed by atoms with Gasteiger partial charge in [-0.25, -0.2) is 4.79 Å². The molecule has 2 N–H and O–H groups in total. The quantitative estimate of drug-likeness (QED) is 0.377. The van der Waals surface area contributed by atoms with Crippen LogP contribution in [-0.4, -0.2) is 58.5 Å². The highest BCUT2D eigenvalue weighted by Crippen LogP contribution is 2.30. The molecule has 36 heavy (non-hydrogen) atoms. The molecule has 0 radical (unpaired) electrons. The van der Waals surface area contributed by atoms with Crippen molar-refractivity contribution in [2.45, 2.75) is 111 Å². The minimum Gasteiger partial charge on any atom is -0.444 e. The number of hydrogen-bond donors (Lipinski definition) is 2. The molecular weight excluding hydrogens is 474 g/mol. The minimum atomic E-state index is -0.824. The van der Waals surface area contributed by atoms with Crippen molar-refractivity contribution in [1.82, 2.24) is 15.5 Å². The van der Waals surface area contributed by atoms with Gasteiger partial charge in [0.1, 0.15) is 17.7 Å². The summed E-state index contributed by atoms with van der Waals surface area (Å²) in [7, 11) is 0. The van der Waals surface area contributed by atoms with E-state index in [4.69, 9.17) is 4.74 Å². The Morgan fingerprint density at radius 3 is 2.08 bits per heavy atom. The summed E-state index contributed by atoms with van der Waals surface area (Å²) >= 11 is 1.60. The van der Waals surface area contributed by atoms with E-state index in [0.717, 1.165) is 29.5 Å². The van der Waals surface area contributed by atoms with E-state index in [0.29, 0.717) is 12.2 Å². The number of nitrogens with one attached hydrogen (secondary N) is 2. The highest BCUT2D eigenvalue weighted by Gasteiger charge is 2.39. The average molecular weight is 522 g/mol. The summed E-state index contributed by atoms with van der Waals surface area (Å²) in [4.78, 5) is 42.2. The van der Waals surface area contributed by atoms with Crippen LogP contribution in [0.4, 0.5) is 4.79 Å². The van der Waals surface area contributed by atoms with E-state index < -0.39 is 23.8 Å². The Morgan fingerprint density at radius 2 is 1.61 bits per heavy atom. The standard InChI is InChI=1S/C28H47N3O4S/c1-11-13-21(6)29-25(32)24(23-19(4)14-12-15-20(23)5)31(18(2)3)26(33)22(16-17-36-10)30-27(34)35-28(7,8)9/h12,14-15,18,21-22,24H,11,13,16-17H2,1-10H3,(H,29,32)(H,30,34). The lowest BCUT2D eigenvalue weighted by Gasteiger charge is -2.38. The van der Waals surface area contributed by atoms with Crippen molar-refractivity contribution in [1.29, 1.82) is 0 Å². The summed E-state index contributed by atoms with van der Waals surface area (Å²) in [6.45, 7) is 17.1. The predicted octanol–water partition coefficient (Wildman–Crippen LogP) is 5.53. The van der Waals surface area contributed by atoms with Crippen LogP contribution in [0.25, 0.3) is 0 Å². The van der Waals surface area contributed by atoms with Gasteiger partial charge in [-0.15, -0.1) is 0 Å². The lowest BCUT2D eigenvalue weighted by atomic mass is 9.92. The van der Waals surface area contributed by atoms with Crippen LogP contribution in [0.15, 0.2) is 18.2 Å². The van der Waals surface area contributed by atoms with Crippen LogP contribution in [0.1, 0.15) is 90.5 Å². The number of amides is 3. The molecule has 0 aliphatic carbocycles. The first-order chi connectivity index (χ1) is 16.7. The highest BCUT2D eigenvalue weighted by atomic mass is 32.2. The van der Waals surface area contributed by atoms with Gasteiger partial charge in [0.15, 0.2) is 0 Å². The SMILES string of the molecule is CCCC(C)NC(=O)C(c1c(C)cccc1C)N(C(=O)C(CCSC)NC(=O)OC(C)(C)C)C(C)C. The number of benzene rings is 1. The maximum atomic E-state index is 14.1. The zero-order chi connectivity index (χ0) is 27.6. The third-order valence-corrected chi connectivity index (χ3v) is 6.51. The van der Waals surface area contributed by atoms with Crippen molar-refractivity contribution in [3.05, 3.63) is 34.9 Å². The summed E-state index contributed by atoms with van der Waals surface area (Å²) in [6.07, 6.45) is 3.53. The number of carbonyl (C=O) groups excluding carboxylic acids is 3. The first-order valence-corrected chi connectivity index (χ1v) is 14.3. The van der Waals surface area contributed by atoms with Gasteiger partial charge in [-0.3, -0.25) is 9.59 Å². The molecular formula is C28H47N3O4S. The molecule has 3 unspecified atom stereocenters. The van der Waals surface area contributed by atoms with Crippen molar-refractivity contribution >= 4 is 29.7 Å². The van der Waals surface area contributed by atoms with E-state index in [9.17, 15) is 14.4 Å². The van der Waals surface area contributed by atoms with Gasteiger partial charge < -0.3 is 20.3 Å². The Hall–Kier alpha value is -2.22. The molecule has 0 aromatic heterocycles. The minimum absolute atomic E-state index is 0.0226. The van der Waals surface area contributed by atoms with Crippen LogP contribution >= 0.6 is 11.8 Å². The van der Waals surface area contributed by atoms with E-state index >= 15 is 0 Å². The van der Waals surface area contributed by atoms with E-state index in [1.54, 1.807) is 37.4 Å². The summed E-state index contributed by atoms with van der Waals surface area (Å²) < 4.78 is 5.44. The number of carbonyl (C=O) groups is 3. The molecule has 7 nitrogen and oxygen atoms in total. The van der Waals surface area contributed by atoms with Crippen LogP contribution in [0.2, 0.25) is 0 Å². The average Bonchev–Trinajstić information content (AvgIpc) is 2.73. The van der Waals surface area contributed by atoms with Crippen LogP contribution in [-0.2, 0) is 14.3 Å². The van der Waals surface area contributed by atoms with Gasteiger partial charge in [0.2, 0.25) is 11.8 Å². The van der Waals surface area contributed by atoms with Crippen molar-refractivity contribution < 1.29 is 19.1 Å². The molecule has 0 spiro atoms. The number of alkyl carbamates (subject to hydrolysis) is 1. The Morgan fingerprint density at radius 1 is 1.03 bits per heavy atom. The zero-order valence-corrected chi connectivity index (χ0v) is 24.7. The second-order valence-electron chi connectivity index (χ2n) is 10.7. The maximum absolute atomic E-state index is 14.1. The van der Waals surface area contributed by atoms with Gasteiger partial charge in [-0.1, -0.05) is 31.5 Å². The molecule has 0 bridgehead atoms. The Labute approximate surface area is 222 Å². The first-order valence-electron chi connectivity index (χ1n) is 12.9. The van der Waals surface area contributed by atoms with Crippen LogP contribution < -0.4 is 10.6 Å². The molecule has 0 aliphatic heterocycles. The number of nitrogens with zero attached hydrogens (tertiary/aromatic N) is 1. The second-order valence-corrected chi connectivity index (χ2v) is 11.7. The Balaban J connectivity index is 3.54. The van der Waals surface area contributed by atoms with Gasteiger partial charge in [0.05, 0.1) is 0 Å². The molecule has 0 aliphatic rings. The number of thioether (sulfide) groups is 1. The monoisotopic (exact) mass is 521 g/mol. The predicted molar refractivity (Wildman–Crippen MR) is 149 cm³/mol. The number of aryl methyl sites for hydroxylation is 2. The summed E-state index contributed by atoms with van der Waals surface area (Å²) in [6, 6.07) is 3.93. The second kappa shape index (κ2) is 14.5. The van der Waals surface area contributed by atoms with E-state index in [-0.39, 0.29) is 23.9 Å². The van der Waals surface area contributed by atoms with E-state index in [2.05, 4.69) is 17.6 Å². The molecule has 0 saturated heterocycles. The van der Waals surface area contributed by atoms with Gasteiger partial charge in [0.25, 0.3) is 0 Å². The Kier molecular flexibility index (Phi) is 12.8. The summed E-state index contributed by atoms with van der Waals surface area (Å²) in [5, 5.41) is 5.91. The van der Waals surface area contributed by atoms with E-state index in [1.807, 2.05) is 59.1 Å². The van der Waals surface area contributed by atoms with Crippen molar-refractivity contribution in [2.75, 3.05) is 12.0 Å². The maximum Gasteiger partial charge on any atom is 0.408 e. The van der Waals surface area contributed by atoms with Crippen LogP contribution in [0, 0.1) is 13.8 Å². The van der Waals surface area contributed by atoms with Gasteiger partial charge >= 0.3 is 6.09 Å². The fourth-order valence-electron chi connectivity index (χ4n) is 4.28. The van der Waals surface area contributed by atoms with Crippen molar-refractivity contribution in [3.8, 4) is 0 Å². The summed E-state index contributed by atoms with van der Waals surface area (Å²) in [5.41, 5.74) is 2.02. The lowest BCUT2D eigenvalue weighted by molar-refractivity contribution is -0.145. The van der Waals surface area contributed by atoms with Gasteiger partial charge in [-0.2, -0.15) is 11.8 Å². The van der Waals surface area contributed by atoms with Gasteiger partial charge in [-0.05, 0) is 96.9 Å². The molecule has 1 rings (SSSR count). The number of hydrogen-bond acceptors (Lipinski definition) is 5. The molecule has 1 aromatic rings. The van der Waals surface area contributed by atoms with Crippen molar-refractivity contribution in [3.63, 3.8) is 0 Å². The fourth-order valence-corrected chi connectivity index (χ4v) is 4.76. The molecule has 1 aromatic carbocycles. The third kappa shape index (κ3) is 9.68. The Bertz CT molecular complexity index is 862. The topological polar surface area (TPSA) is 87.7 Å². The molecule has 3 atom stereocenters. The molecule has 0 heterocycles. The molecule has 0 fully saturated rings. The molecule has 3 amide bonds. The third-order valence-electron chi connectivity index (χ3n) is 5.86. The first kappa shape index (κ1) is 31.8. The zero-order valence-electron chi connectivity index (χ0n) is 23.9. The van der Waals surface area contributed by atoms with Gasteiger partial charge in [0, 0.05) is 12.1 Å². The fraction of sp³-hybridized carbons (Fsp3) is 0.679. The molecule has 8 heteroatoms. The molecule has 0 saturated carbocycles. The highest BCUT2D eigenvalue weighted by molar-refractivity contribution is 7.98. The van der Waals surface area contributed by atoms with Crippen molar-refractivity contribution in [2.24, 2.45) is 0 Å². The lowest BCUT2D eigenvalue weighted by Crippen LogP contribution is -2.56. The summed E-state index contributed by atoms with van der Waals surface area (Å²) in [5.74, 6) is 0.165.